The predicted molar refractivity (Wildman–Crippen MR) is 84.7 cm³/mol. The first-order chi connectivity index (χ1) is 11.1. The van der Waals surface area contributed by atoms with E-state index in [1.165, 1.54) is 20.4 Å². The van der Waals surface area contributed by atoms with Crippen molar-refractivity contribution in [2.24, 2.45) is 5.10 Å². The van der Waals surface area contributed by atoms with Crippen LogP contribution in [0.25, 0.3) is 0 Å². The SMILES string of the molecule is COc1cc(OC)c(/C=N\Nc2nnc(C)c(=O)[nH]2)c(OC)c1. The summed E-state index contributed by atoms with van der Waals surface area (Å²) in [6.45, 7) is 1.56. The normalized spacial score (nSPS) is 10.6. The fraction of sp³-hybridized carbons (Fsp3) is 0.286. The van der Waals surface area contributed by atoms with Crippen LogP contribution in [0.5, 0.6) is 17.2 Å². The number of aryl methyl sites for hydroxylation is 1. The van der Waals surface area contributed by atoms with Crippen LogP contribution in [0.4, 0.5) is 5.95 Å². The van der Waals surface area contributed by atoms with E-state index >= 15 is 0 Å². The number of hydrogen-bond donors (Lipinski definition) is 2. The van der Waals surface area contributed by atoms with Crippen LogP contribution in [0, 0.1) is 6.92 Å². The summed E-state index contributed by atoms with van der Waals surface area (Å²) in [6.07, 6.45) is 1.48. The number of aromatic nitrogens is 3. The average Bonchev–Trinajstić information content (AvgIpc) is 2.57. The van der Waals surface area contributed by atoms with Gasteiger partial charge in [0.2, 0.25) is 5.95 Å². The molecule has 122 valence electrons. The van der Waals surface area contributed by atoms with Crippen molar-refractivity contribution in [3.05, 3.63) is 33.7 Å². The molecule has 0 spiro atoms. The second-order valence-electron chi connectivity index (χ2n) is 4.40. The fourth-order valence-electron chi connectivity index (χ4n) is 1.76. The van der Waals surface area contributed by atoms with Crippen molar-refractivity contribution in [2.75, 3.05) is 26.8 Å². The Morgan fingerprint density at radius 3 is 2.30 bits per heavy atom. The average molecular weight is 319 g/mol. The predicted octanol–water partition coefficient (Wildman–Crippen LogP) is 0.945. The molecule has 0 fully saturated rings. The van der Waals surface area contributed by atoms with Crippen LogP contribution in [0.1, 0.15) is 11.3 Å². The van der Waals surface area contributed by atoms with E-state index in [9.17, 15) is 4.79 Å². The van der Waals surface area contributed by atoms with Gasteiger partial charge >= 0.3 is 0 Å². The first-order valence-corrected chi connectivity index (χ1v) is 6.61. The van der Waals surface area contributed by atoms with E-state index in [0.29, 0.717) is 22.8 Å². The van der Waals surface area contributed by atoms with E-state index in [4.69, 9.17) is 14.2 Å². The molecule has 0 aliphatic carbocycles. The summed E-state index contributed by atoms with van der Waals surface area (Å²) in [5.41, 5.74) is 3.13. The molecule has 23 heavy (non-hydrogen) atoms. The largest absolute Gasteiger partial charge is 0.496 e. The minimum Gasteiger partial charge on any atom is -0.496 e. The number of rotatable bonds is 6. The summed E-state index contributed by atoms with van der Waals surface area (Å²) in [6, 6.07) is 3.41. The maximum absolute atomic E-state index is 11.4. The molecular weight excluding hydrogens is 302 g/mol. The Morgan fingerprint density at radius 2 is 1.78 bits per heavy atom. The fourth-order valence-corrected chi connectivity index (χ4v) is 1.76. The monoisotopic (exact) mass is 319 g/mol. The molecule has 0 amide bonds. The lowest BCUT2D eigenvalue weighted by Gasteiger charge is -2.12. The Kier molecular flexibility index (Phi) is 5.13. The summed E-state index contributed by atoms with van der Waals surface area (Å²) in [5.74, 6) is 1.77. The van der Waals surface area contributed by atoms with Crippen LogP contribution in [-0.2, 0) is 0 Å². The van der Waals surface area contributed by atoms with Crippen LogP contribution >= 0.6 is 0 Å². The molecule has 0 atom stereocenters. The molecule has 9 nitrogen and oxygen atoms in total. The Balaban J connectivity index is 2.27. The van der Waals surface area contributed by atoms with Gasteiger partial charge in [0.05, 0.1) is 33.1 Å². The minimum absolute atomic E-state index is 0.128. The van der Waals surface area contributed by atoms with Gasteiger partial charge in [-0.25, -0.2) is 5.43 Å². The van der Waals surface area contributed by atoms with Gasteiger partial charge in [0.1, 0.15) is 22.9 Å². The van der Waals surface area contributed by atoms with Crippen molar-refractivity contribution in [1.82, 2.24) is 15.2 Å². The van der Waals surface area contributed by atoms with Gasteiger partial charge in [0.15, 0.2) is 0 Å². The van der Waals surface area contributed by atoms with Crippen molar-refractivity contribution in [3.8, 4) is 17.2 Å². The highest BCUT2D eigenvalue weighted by molar-refractivity contribution is 5.88. The third-order valence-corrected chi connectivity index (χ3v) is 2.98. The van der Waals surface area contributed by atoms with Crippen LogP contribution in [-0.4, -0.2) is 42.7 Å². The quantitative estimate of drug-likeness (QED) is 0.602. The van der Waals surface area contributed by atoms with Crippen molar-refractivity contribution in [2.45, 2.75) is 6.92 Å². The molecule has 2 aromatic rings. The second kappa shape index (κ2) is 7.25. The summed E-state index contributed by atoms with van der Waals surface area (Å²) in [5, 5.41) is 11.5. The standard InChI is InChI=1S/C14H17N5O4/c1-8-13(20)16-14(19-17-8)18-15-7-10-11(22-3)5-9(21-2)6-12(10)23-4/h5-7H,1-4H3,(H2,16,18,19,20)/b15-7-. The maximum atomic E-state index is 11.4. The number of benzene rings is 1. The molecule has 9 heteroatoms. The molecule has 0 saturated carbocycles. The molecule has 0 bridgehead atoms. The third kappa shape index (κ3) is 3.76. The third-order valence-electron chi connectivity index (χ3n) is 2.98. The Hall–Kier alpha value is -3.10. The van der Waals surface area contributed by atoms with Crippen molar-refractivity contribution in [3.63, 3.8) is 0 Å². The van der Waals surface area contributed by atoms with E-state index in [1.807, 2.05) is 0 Å². The Morgan fingerprint density at radius 1 is 1.13 bits per heavy atom. The van der Waals surface area contributed by atoms with Gasteiger partial charge in [-0.2, -0.15) is 5.10 Å². The van der Waals surface area contributed by atoms with Crippen LogP contribution in [0.15, 0.2) is 22.0 Å². The zero-order valence-electron chi connectivity index (χ0n) is 13.2. The molecule has 1 aromatic heterocycles. The first kappa shape index (κ1) is 16.3. The summed E-state index contributed by atoms with van der Waals surface area (Å²) in [7, 11) is 4.61. The van der Waals surface area contributed by atoms with Gasteiger partial charge in [-0.1, -0.05) is 0 Å². The van der Waals surface area contributed by atoms with E-state index in [2.05, 4.69) is 25.7 Å². The van der Waals surface area contributed by atoms with Gasteiger partial charge in [-0.15, -0.1) is 10.2 Å². The highest BCUT2D eigenvalue weighted by atomic mass is 16.5. The lowest BCUT2D eigenvalue weighted by atomic mass is 10.2. The van der Waals surface area contributed by atoms with Crippen molar-refractivity contribution < 1.29 is 14.2 Å². The van der Waals surface area contributed by atoms with Gasteiger partial charge in [0, 0.05) is 12.1 Å². The molecule has 0 aliphatic rings. The van der Waals surface area contributed by atoms with E-state index in [0.717, 1.165) is 0 Å². The van der Waals surface area contributed by atoms with Gasteiger partial charge in [-0.3, -0.25) is 9.78 Å². The molecule has 0 radical (unpaired) electrons. The Labute approximate surface area is 132 Å². The zero-order chi connectivity index (χ0) is 16.8. The van der Waals surface area contributed by atoms with Crippen LogP contribution in [0.3, 0.4) is 0 Å². The van der Waals surface area contributed by atoms with E-state index < -0.39 is 0 Å². The number of nitrogens with zero attached hydrogens (tertiary/aromatic N) is 3. The molecule has 1 aromatic carbocycles. The highest BCUT2D eigenvalue weighted by Crippen LogP contribution is 2.32. The molecule has 0 aliphatic heterocycles. The lowest BCUT2D eigenvalue weighted by molar-refractivity contribution is 0.374. The molecule has 2 rings (SSSR count). The zero-order valence-corrected chi connectivity index (χ0v) is 13.2. The molecular formula is C14H17N5O4. The summed E-state index contributed by atoms with van der Waals surface area (Å²) >= 11 is 0. The van der Waals surface area contributed by atoms with Gasteiger partial charge in [0.25, 0.3) is 5.56 Å². The Bertz CT molecular complexity index is 747. The van der Waals surface area contributed by atoms with E-state index in [-0.39, 0.29) is 17.2 Å². The van der Waals surface area contributed by atoms with Gasteiger partial charge in [-0.05, 0) is 6.92 Å². The number of hydrogen-bond acceptors (Lipinski definition) is 8. The molecule has 2 N–H and O–H groups in total. The first-order valence-electron chi connectivity index (χ1n) is 6.61. The number of ether oxygens (including phenoxy) is 3. The second-order valence-corrected chi connectivity index (χ2v) is 4.40. The summed E-state index contributed by atoms with van der Waals surface area (Å²) in [4.78, 5) is 13.9. The van der Waals surface area contributed by atoms with Crippen molar-refractivity contribution in [1.29, 1.82) is 0 Å². The number of nitrogens with one attached hydrogen (secondary N) is 2. The number of methoxy groups -OCH3 is 3. The molecule has 0 unspecified atom stereocenters. The minimum atomic E-state index is -0.336. The lowest BCUT2D eigenvalue weighted by Crippen LogP contribution is -2.15. The maximum Gasteiger partial charge on any atom is 0.274 e. The number of hydrazone groups is 1. The summed E-state index contributed by atoms with van der Waals surface area (Å²) < 4.78 is 15.8. The van der Waals surface area contributed by atoms with Gasteiger partial charge < -0.3 is 14.2 Å². The smallest absolute Gasteiger partial charge is 0.274 e. The number of anilines is 1. The van der Waals surface area contributed by atoms with Crippen LogP contribution < -0.4 is 25.2 Å². The molecule has 0 saturated heterocycles. The highest BCUT2D eigenvalue weighted by Gasteiger charge is 2.11. The topological polar surface area (TPSA) is 111 Å². The van der Waals surface area contributed by atoms with Crippen LogP contribution in [0.2, 0.25) is 0 Å². The number of H-pyrrole nitrogens is 1. The number of aromatic amines is 1. The molecule has 1 heterocycles. The van der Waals surface area contributed by atoms with E-state index in [1.54, 1.807) is 26.2 Å². The van der Waals surface area contributed by atoms with Crippen molar-refractivity contribution >= 4 is 12.2 Å².